The van der Waals surface area contributed by atoms with Gasteiger partial charge in [0.1, 0.15) is 5.52 Å². The molecule has 0 saturated heterocycles. The van der Waals surface area contributed by atoms with Gasteiger partial charge in [0.2, 0.25) is 0 Å². The van der Waals surface area contributed by atoms with E-state index in [1.807, 2.05) is 37.8 Å². The maximum absolute atomic E-state index is 4.89. The minimum atomic E-state index is -0.0427. The first-order chi connectivity index (χ1) is 13.9. The molecule has 5 rings (SSSR count). The summed E-state index contributed by atoms with van der Waals surface area (Å²) in [6.45, 7) is 8.51. The van der Waals surface area contributed by atoms with Crippen LogP contribution >= 0.6 is 0 Å². The van der Waals surface area contributed by atoms with Crippen molar-refractivity contribution in [1.82, 2.24) is 29.5 Å². The summed E-state index contributed by atoms with van der Waals surface area (Å²) in [5.41, 5.74) is 8.54. The molecule has 6 heteroatoms. The number of hydrogen-bond acceptors (Lipinski definition) is 4. The Morgan fingerprint density at radius 2 is 1.76 bits per heavy atom. The molecular weight excluding hydrogens is 360 g/mol. The molecule has 0 aliphatic rings. The number of hydrogen-bond donors (Lipinski definition) is 1. The molecule has 1 aromatic carbocycles. The van der Waals surface area contributed by atoms with Gasteiger partial charge in [-0.1, -0.05) is 6.07 Å². The predicted molar refractivity (Wildman–Crippen MR) is 116 cm³/mol. The highest BCUT2D eigenvalue weighted by Gasteiger charge is 2.17. The number of nitrogens with one attached hydrogen (secondary N) is 1. The van der Waals surface area contributed by atoms with Gasteiger partial charge in [0.15, 0.2) is 5.65 Å². The van der Waals surface area contributed by atoms with Crippen molar-refractivity contribution < 1.29 is 0 Å². The summed E-state index contributed by atoms with van der Waals surface area (Å²) in [5.74, 6) is 0. The van der Waals surface area contributed by atoms with Crippen LogP contribution in [0.3, 0.4) is 0 Å². The molecule has 0 spiro atoms. The Morgan fingerprint density at radius 1 is 0.931 bits per heavy atom. The maximum atomic E-state index is 4.89. The van der Waals surface area contributed by atoms with Crippen LogP contribution in [-0.2, 0) is 5.54 Å². The normalized spacial score (nSPS) is 12.1. The van der Waals surface area contributed by atoms with Crippen molar-refractivity contribution >= 4 is 22.2 Å². The molecule has 6 nitrogen and oxygen atoms in total. The molecular formula is C23H22N6. The van der Waals surface area contributed by atoms with Crippen molar-refractivity contribution in [2.75, 3.05) is 0 Å². The molecule has 29 heavy (non-hydrogen) atoms. The summed E-state index contributed by atoms with van der Waals surface area (Å²) in [6, 6.07) is 10.3. The van der Waals surface area contributed by atoms with Crippen molar-refractivity contribution in [1.29, 1.82) is 0 Å². The van der Waals surface area contributed by atoms with E-state index in [0.29, 0.717) is 0 Å². The van der Waals surface area contributed by atoms with Crippen LogP contribution in [0.25, 0.3) is 44.6 Å². The molecule has 0 amide bonds. The molecule has 0 atom stereocenters. The number of rotatable bonds is 2. The number of aromatic amines is 1. The van der Waals surface area contributed by atoms with Crippen molar-refractivity contribution in [3.63, 3.8) is 0 Å². The van der Waals surface area contributed by atoms with E-state index in [9.17, 15) is 0 Å². The Kier molecular flexibility index (Phi) is 3.77. The van der Waals surface area contributed by atoms with Crippen molar-refractivity contribution in [2.24, 2.45) is 0 Å². The molecule has 0 aliphatic heterocycles. The minimum absolute atomic E-state index is 0.0427. The largest absolute Gasteiger partial charge is 0.344 e. The zero-order valence-electron chi connectivity index (χ0n) is 16.9. The average Bonchev–Trinajstić information content (AvgIpc) is 3.31. The third-order valence-corrected chi connectivity index (χ3v) is 5.17. The van der Waals surface area contributed by atoms with Crippen LogP contribution in [0.2, 0.25) is 0 Å². The SMILES string of the molecule is Cc1ccc(-c2cnc3[nH]cc(-c4ccc5ncn(C(C)(C)C)c5c4)c3n2)cn1. The fourth-order valence-electron chi connectivity index (χ4n) is 3.58. The number of pyridine rings is 1. The lowest BCUT2D eigenvalue weighted by molar-refractivity contribution is 0.408. The van der Waals surface area contributed by atoms with Gasteiger partial charge in [0.05, 0.1) is 29.3 Å². The molecule has 0 saturated carbocycles. The highest BCUT2D eigenvalue weighted by molar-refractivity contribution is 5.94. The molecule has 144 valence electrons. The molecule has 0 radical (unpaired) electrons. The monoisotopic (exact) mass is 382 g/mol. The zero-order chi connectivity index (χ0) is 20.2. The first-order valence-electron chi connectivity index (χ1n) is 9.65. The van der Waals surface area contributed by atoms with E-state index in [-0.39, 0.29) is 5.54 Å². The quantitative estimate of drug-likeness (QED) is 0.461. The first-order valence-corrected chi connectivity index (χ1v) is 9.65. The number of fused-ring (bicyclic) bond motifs is 2. The van der Waals surface area contributed by atoms with Gasteiger partial charge >= 0.3 is 0 Å². The van der Waals surface area contributed by atoms with Crippen LogP contribution in [-0.4, -0.2) is 29.5 Å². The second-order valence-electron chi connectivity index (χ2n) is 8.33. The van der Waals surface area contributed by atoms with Crippen LogP contribution in [0.5, 0.6) is 0 Å². The summed E-state index contributed by atoms with van der Waals surface area (Å²) in [5, 5.41) is 0. The number of nitrogens with zero attached hydrogens (tertiary/aromatic N) is 5. The Labute approximate surface area is 168 Å². The third-order valence-electron chi connectivity index (χ3n) is 5.17. The third kappa shape index (κ3) is 2.97. The van der Waals surface area contributed by atoms with Crippen molar-refractivity contribution in [3.05, 3.63) is 60.9 Å². The van der Waals surface area contributed by atoms with E-state index in [4.69, 9.17) is 4.98 Å². The highest BCUT2D eigenvalue weighted by Crippen LogP contribution is 2.31. The van der Waals surface area contributed by atoms with Crippen molar-refractivity contribution in [2.45, 2.75) is 33.2 Å². The molecule has 4 heterocycles. The summed E-state index contributed by atoms with van der Waals surface area (Å²) in [4.78, 5) is 21.6. The van der Waals surface area contributed by atoms with E-state index in [1.54, 1.807) is 6.20 Å². The van der Waals surface area contributed by atoms with Gasteiger partial charge in [-0.3, -0.25) is 4.98 Å². The Morgan fingerprint density at radius 3 is 2.52 bits per heavy atom. The average molecular weight is 382 g/mol. The highest BCUT2D eigenvalue weighted by atomic mass is 15.1. The van der Waals surface area contributed by atoms with Gasteiger partial charge in [-0.05, 0) is 57.5 Å². The number of aromatic nitrogens is 6. The molecule has 1 N–H and O–H groups in total. The van der Waals surface area contributed by atoms with Crippen LogP contribution in [0.4, 0.5) is 0 Å². The Hall–Kier alpha value is -3.54. The van der Waals surface area contributed by atoms with E-state index in [2.05, 4.69) is 63.5 Å². The minimum Gasteiger partial charge on any atom is -0.344 e. The molecule has 4 aromatic heterocycles. The second-order valence-corrected chi connectivity index (χ2v) is 8.33. The summed E-state index contributed by atoms with van der Waals surface area (Å²) in [7, 11) is 0. The Bertz CT molecular complexity index is 1340. The van der Waals surface area contributed by atoms with Crippen LogP contribution in [0, 0.1) is 6.92 Å². The van der Waals surface area contributed by atoms with E-state index in [1.165, 1.54) is 0 Å². The lowest BCUT2D eigenvalue weighted by Crippen LogP contribution is -2.20. The topological polar surface area (TPSA) is 72.3 Å². The lowest BCUT2D eigenvalue weighted by atomic mass is 10.1. The number of imidazole rings is 1. The molecule has 0 aliphatic carbocycles. The van der Waals surface area contributed by atoms with Gasteiger partial charge in [-0.15, -0.1) is 0 Å². The molecule has 5 aromatic rings. The van der Waals surface area contributed by atoms with E-state index in [0.717, 1.165) is 50.3 Å². The molecule has 0 bridgehead atoms. The van der Waals surface area contributed by atoms with Crippen LogP contribution in [0.15, 0.2) is 55.2 Å². The smallest absolute Gasteiger partial charge is 0.156 e. The van der Waals surface area contributed by atoms with E-state index >= 15 is 0 Å². The fourth-order valence-corrected chi connectivity index (χ4v) is 3.58. The standard InChI is InChI=1S/C23H22N6/c1-14-5-6-16(10-24-14)19-12-26-22-21(28-19)17(11-25-22)15-7-8-18-20(9-15)29(13-27-18)23(2,3)4/h5-13H,1-4H3,(H,25,26). The number of benzene rings is 1. The summed E-state index contributed by atoms with van der Waals surface area (Å²) in [6.07, 6.45) is 7.51. The number of aryl methyl sites for hydroxylation is 1. The van der Waals surface area contributed by atoms with Gasteiger partial charge in [0.25, 0.3) is 0 Å². The second kappa shape index (κ2) is 6.24. The van der Waals surface area contributed by atoms with Gasteiger partial charge < -0.3 is 9.55 Å². The lowest BCUT2D eigenvalue weighted by Gasteiger charge is -2.21. The first kappa shape index (κ1) is 17.6. The zero-order valence-corrected chi connectivity index (χ0v) is 16.9. The Balaban J connectivity index is 1.67. The van der Waals surface area contributed by atoms with Gasteiger partial charge in [-0.25, -0.2) is 15.0 Å². The summed E-state index contributed by atoms with van der Waals surface area (Å²) >= 11 is 0. The number of H-pyrrole nitrogens is 1. The summed E-state index contributed by atoms with van der Waals surface area (Å²) < 4.78 is 2.20. The molecule has 0 fully saturated rings. The van der Waals surface area contributed by atoms with Gasteiger partial charge in [0, 0.05) is 34.8 Å². The molecule has 0 unspecified atom stereocenters. The maximum Gasteiger partial charge on any atom is 0.156 e. The van der Waals surface area contributed by atoms with Crippen LogP contribution in [0.1, 0.15) is 26.5 Å². The van der Waals surface area contributed by atoms with Crippen molar-refractivity contribution in [3.8, 4) is 22.4 Å². The van der Waals surface area contributed by atoms with E-state index < -0.39 is 0 Å². The predicted octanol–water partition coefficient (Wildman–Crippen LogP) is 5.10. The van der Waals surface area contributed by atoms with Gasteiger partial charge in [-0.2, -0.15) is 0 Å². The fraction of sp³-hybridized carbons (Fsp3) is 0.217. The van der Waals surface area contributed by atoms with Crippen LogP contribution < -0.4 is 0 Å².